The maximum atomic E-state index is 10.8. The molecule has 0 aromatic heterocycles. The Hall–Kier alpha value is 0.0700. The highest BCUT2D eigenvalue weighted by Gasteiger charge is 2.33. The average Bonchev–Trinajstić information content (AvgIpc) is 2.46. The van der Waals surface area contributed by atoms with Crippen LogP contribution in [-0.4, -0.2) is 20.7 Å². The van der Waals surface area contributed by atoms with Crippen LogP contribution in [0.25, 0.3) is 0 Å². The van der Waals surface area contributed by atoms with E-state index in [4.69, 9.17) is 9.79 Å². The lowest BCUT2D eigenvalue weighted by Gasteiger charge is -2.26. The Labute approximate surface area is 142 Å². The van der Waals surface area contributed by atoms with E-state index < -0.39 is 13.6 Å². The molecule has 0 heterocycles. The van der Waals surface area contributed by atoms with Crippen LogP contribution in [0.3, 0.4) is 0 Å². The highest BCUT2D eigenvalue weighted by molar-refractivity contribution is 7.46. The van der Waals surface area contributed by atoms with Gasteiger partial charge in [-0.3, -0.25) is 4.52 Å². The second kappa shape index (κ2) is 13.4. The third-order valence-electron chi connectivity index (χ3n) is 4.26. The maximum absolute atomic E-state index is 10.8. The van der Waals surface area contributed by atoms with E-state index in [0.717, 1.165) is 19.3 Å². The van der Waals surface area contributed by atoms with E-state index in [9.17, 15) is 9.67 Å². The molecule has 0 spiro atoms. The summed E-state index contributed by atoms with van der Waals surface area (Å²) in [5, 5.41) is 10.0. The molecule has 1 unspecified atom stereocenters. The Morgan fingerprint density at radius 2 is 1.17 bits per heavy atom. The van der Waals surface area contributed by atoms with Crippen molar-refractivity contribution in [1.82, 2.24) is 0 Å². The second-order valence-electron chi connectivity index (χ2n) is 6.52. The molecular formula is C17H37O5P. The first-order valence-corrected chi connectivity index (χ1v) is 10.8. The van der Waals surface area contributed by atoms with Crippen molar-refractivity contribution in [3.05, 3.63) is 0 Å². The van der Waals surface area contributed by atoms with Gasteiger partial charge in [-0.2, -0.15) is 0 Å². The topological polar surface area (TPSA) is 87.0 Å². The minimum absolute atomic E-state index is 0.177. The third-order valence-corrected chi connectivity index (χ3v) is 4.84. The summed E-state index contributed by atoms with van der Waals surface area (Å²) in [5.41, 5.74) is 0. The molecule has 1 atom stereocenters. The lowest BCUT2D eigenvalue weighted by molar-refractivity contribution is -0.157. The molecule has 0 aliphatic carbocycles. The Bertz CT molecular complexity index is 318. The first-order valence-electron chi connectivity index (χ1n) is 9.31. The van der Waals surface area contributed by atoms with Gasteiger partial charge < -0.3 is 14.9 Å². The third kappa shape index (κ3) is 15.3. The number of rotatable bonds is 16. The van der Waals surface area contributed by atoms with Crippen molar-refractivity contribution in [3.63, 3.8) is 0 Å². The van der Waals surface area contributed by atoms with Crippen molar-refractivity contribution in [2.75, 3.05) is 0 Å². The zero-order valence-electron chi connectivity index (χ0n) is 15.0. The van der Waals surface area contributed by atoms with Crippen LogP contribution >= 0.6 is 7.82 Å². The number of aliphatic hydroxyl groups is 1. The van der Waals surface area contributed by atoms with E-state index in [2.05, 4.69) is 11.4 Å². The first-order chi connectivity index (χ1) is 10.8. The smallest absolute Gasteiger partial charge is 0.365 e. The lowest BCUT2D eigenvalue weighted by atomic mass is 10.0. The molecule has 5 nitrogen and oxygen atoms in total. The molecule has 0 radical (unpaired) electrons. The van der Waals surface area contributed by atoms with Gasteiger partial charge in [0, 0.05) is 6.42 Å². The molecule has 23 heavy (non-hydrogen) atoms. The highest BCUT2D eigenvalue weighted by Crippen LogP contribution is 2.43. The van der Waals surface area contributed by atoms with Gasteiger partial charge in [-0.05, 0) is 12.8 Å². The molecule has 0 amide bonds. The van der Waals surface area contributed by atoms with Gasteiger partial charge in [-0.25, -0.2) is 4.57 Å². The molecule has 0 saturated carbocycles. The molecule has 0 bridgehead atoms. The fraction of sp³-hybridized carbons (Fsp3) is 1.00. The van der Waals surface area contributed by atoms with Gasteiger partial charge in [0.25, 0.3) is 0 Å². The van der Waals surface area contributed by atoms with E-state index in [0.29, 0.717) is 0 Å². The van der Waals surface area contributed by atoms with Crippen molar-refractivity contribution in [2.45, 2.75) is 110 Å². The molecule has 0 aromatic rings. The average molecular weight is 352 g/mol. The van der Waals surface area contributed by atoms with E-state index in [1.54, 1.807) is 6.92 Å². The van der Waals surface area contributed by atoms with Crippen LogP contribution in [0.15, 0.2) is 0 Å². The Morgan fingerprint density at radius 1 is 0.783 bits per heavy atom. The predicted octanol–water partition coefficient (Wildman–Crippen LogP) is 5.29. The van der Waals surface area contributed by atoms with E-state index in [1.165, 1.54) is 57.8 Å². The normalized spacial score (nSPS) is 14.8. The fourth-order valence-corrected chi connectivity index (χ4v) is 3.41. The summed E-state index contributed by atoms with van der Waals surface area (Å²) in [5.74, 6) is -1.70. The van der Waals surface area contributed by atoms with Gasteiger partial charge in [-0.1, -0.05) is 84.5 Å². The zero-order chi connectivity index (χ0) is 17.6. The summed E-state index contributed by atoms with van der Waals surface area (Å²) in [6.07, 6.45) is 15.0. The summed E-state index contributed by atoms with van der Waals surface area (Å²) >= 11 is 0. The SMILES string of the molecule is CCCCCCCCCCCCCCC(O)(CC)OP(=O)(O)O. The molecule has 0 fully saturated rings. The summed E-state index contributed by atoms with van der Waals surface area (Å²) < 4.78 is 15.3. The number of phosphoric acid groups is 1. The van der Waals surface area contributed by atoms with Gasteiger partial charge in [0.1, 0.15) is 0 Å². The van der Waals surface area contributed by atoms with Crippen LogP contribution in [0.4, 0.5) is 0 Å². The molecule has 0 rings (SSSR count). The van der Waals surface area contributed by atoms with Crippen molar-refractivity contribution < 1.29 is 24.0 Å². The van der Waals surface area contributed by atoms with Crippen LogP contribution in [0, 0.1) is 0 Å². The quantitative estimate of drug-likeness (QED) is 0.200. The van der Waals surface area contributed by atoms with Crippen molar-refractivity contribution in [3.8, 4) is 0 Å². The lowest BCUT2D eigenvalue weighted by Crippen LogP contribution is -2.30. The van der Waals surface area contributed by atoms with Crippen molar-refractivity contribution in [2.24, 2.45) is 0 Å². The second-order valence-corrected chi connectivity index (χ2v) is 7.68. The molecule has 0 aliphatic rings. The molecule has 140 valence electrons. The summed E-state index contributed by atoms with van der Waals surface area (Å²) in [6.45, 7) is 3.90. The summed E-state index contributed by atoms with van der Waals surface area (Å²) in [7, 11) is -4.64. The number of hydrogen-bond acceptors (Lipinski definition) is 3. The number of hydrogen-bond donors (Lipinski definition) is 3. The molecule has 0 saturated heterocycles. The molecule has 3 N–H and O–H groups in total. The number of phosphoric ester groups is 1. The van der Waals surface area contributed by atoms with E-state index in [1.807, 2.05) is 0 Å². The highest BCUT2D eigenvalue weighted by atomic mass is 31.2. The largest absolute Gasteiger partial charge is 0.472 e. The van der Waals surface area contributed by atoms with Gasteiger partial charge in [0.05, 0.1) is 0 Å². The summed E-state index contributed by atoms with van der Waals surface area (Å²) in [6, 6.07) is 0. The zero-order valence-corrected chi connectivity index (χ0v) is 15.9. The molecular weight excluding hydrogens is 315 g/mol. The van der Waals surface area contributed by atoms with Crippen LogP contribution in [0.2, 0.25) is 0 Å². The van der Waals surface area contributed by atoms with Gasteiger partial charge >= 0.3 is 7.82 Å². The van der Waals surface area contributed by atoms with Crippen LogP contribution < -0.4 is 0 Å². The monoisotopic (exact) mass is 352 g/mol. The van der Waals surface area contributed by atoms with Crippen molar-refractivity contribution in [1.29, 1.82) is 0 Å². The number of unbranched alkanes of at least 4 members (excludes halogenated alkanes) is 11. The minimum atomic E-state index is -4.64. The maximum Gasteiger partial charge on any atom is 0.472 e. The summed E-state index contributed by atoms with van der Waals surface area (Å²) in [4.78, 5) is 17.6. The van der Waals surface area contributed by atoms with Crippen LogP contribution in [0.5, 0.6) is 0 Å². The van der Waals surface area contributed by atoms with E-state index in [-0.39, 0.29) is 12.8 Å². The standard InChI is InChI=1S/C17H37O5P/c1-3-5-6-7-8-9-10-11-12-13-14-15-16-17(18,4-2)22-23(19,20)21/h18H,3-16H2,1-2H3,(H2,19,20,21). The Kier molecular flexibility index (Phi) is 13.4. The molecule has 6 heteroatoms. The minimum Gasteiger partial charge on any atom is -0.365 e. The fourth-order valence-electron chi connectivity index (χ4n) is 2.75. The van der Waals surface area contributed by atoms with E-state index >= 15 is 0 Å². The van der Waals surface area contributed by atoms with Crippen molar-refractivity contribution >= 4 is 7.82 Å². The van der Waals surface area contributed by atoms with Gasteiger partial charge in [0.2, 0.25) is 0 Å². The first kappa shape index (κ1) is 23.1. The predicted molar refractivity (Wildman–Crippen MR) is 94.1 cm³/mol. The van der Waals surface area contributed by atoms with Gasteiger partial charge in [0.15, 0.2) is 5.79 Å². The van der Waals surface area contributed by atoms with Crippen LogP contribution in [-0.2, 0) is 9.09 Å². The Balaban J connectivity index is 3.49. The van der Waals surface area contributed by atoms with Gasteiger partial charge in [-0.15, -0.1) is 0 Å². The molecule has 0 aliphatic heterocycles. The van der Waals surface area contributed by atoms with Crippen LogP contribution in [0.1, 0.15) is 104 Å². The molecule has 0 aromatic carbocycles. The Morgan fingerprint density at radius 3 is 1.52 bits per heavy atom.